The fourth-order valence-corrected chi connectivity index (χ4v) is 5.24. The van der Waals surface area contributed by atoms with Gasteiger partial charge in [-0.15, -0.1) is 0 Å². The van der Waals surface area contributed by atoms with Gasteiger partial charge < -0.3 is 14.5 Å². The molecular weight excluding hydrogens is 472 g/mol. The molecule has 0 unspecified atom stereocenters. The number of benzene rings is 4. The van der Waals surface area contributed by atoms with Crippen LogP contribution in [0.25, 0.3) is 0 Å². The topological polar surface area (TPSA) is 49.9 Å². The third-order valence-corrected chi connectivity index (χ3v) is 7.23. The van der Waals surface area contributed by atoms with Gasteiger partial charge in [0.1, 0.15) is 5.75 Å². The predicted molar refractivity (Wildman–Crippen MR) is 152 cm³/mol. The van der Waals surface area contributed by atoms with E-state index in [9.17, 15) is 9.59 Å². The summed E-state index contributed by atoms with van der Waals surface area (Å²) in [5, 5.41) is 0. The zero-order valence-corrected chi connectivity index (χ0v) is 22.2. The van der Waals surface area contributed by atoms with Crippen molar-refractivity contribution >= 4 is 23.2 Å². The Bertz CT molecular complexity index is 1450. The SMILES string of the molecule is COc1ccc(C(=O)N2c3ccc(C)cc3[C@H](N(C(=O)c3ccccc3)c3ccc(C)cc3)C[C@@H]2C)cc1. The first-order chi connectivity index (χ1) is 18.4. The van der Waals surface area contributed by atoms with Crippen LogP contribution in [0.2, 0.25) is 0 Å². The Morgan fingerprint density at radius 2 is 1.47 bits per heavy atom. The summed E-state index contributed by atoms with van der Waals surface area (Å²) in [6.07, 6.45) is 0.602. The van der Waals surface area contributed by atoms with Crippen molar-refractivity contribution in [2.24, 2.45) is 0 Å². The molecule has 5 nitrogen and oxygen atoms in total. The zero-order chi connectivity index (χ0) is 26.8. The van der Waals surface area contributed by atoms with Crippen molar-refractivity contribution in [3.63, 3.8) is 0 Å². The summed E-state index contributed by atoms with van der Waals surface area (Å²) in [5.41, 5.74) is 6.07. The van der Waals surface area contributed by atoms with Gasteiger partial charge in [0.2, 0.25) is 0 Å². The van der Waals surface area contributed by atoms with E-state index < -0.39 is 0 Å². The Morgan fingerprint density at radius 1 is 0.816 bits per heavy atom. The van der Waals surface area contributed by atoms with E-state index in [2.05, 4.69) is 13.0 Å². The summed E-state index contributed by atoms with van der Waals surface area (Å²) in [4.78, 5) is 31.6. The third-order valence-electron chi connectivity index (χ3n) is 7.23. The van der Waals surface area contributed by atoms with Gasteiger partial charge >= 0.3 is 0 Å². The summed E-state index contributed by atoms with van der Waals surface area (Å²) in [7, 11) is 1.61. The van der Waals surface area contributed by atoms with E-state index >= 15 is 0 Å². The van der Waals surface area contributed by atoms with Crippen LogP contribution in [-0.4, -0.2) is 25.0 Å². The zero-order valence-electron chi connectivity index (χ0n) is 22.2. The molecule has 0 N–H and O–H groups in total. The highest BCUT2D eigenvalue weighted by molar-refractivity contribution is 6.09. The van der Waals surface area contributed by atoms with Crippen LogP contribution in [-0.2, 0) is 0 Å². The first-order valence-corrected chi connectivity index (χ1v) is 12.9. The van der Waals surface area contributed by atoms with Crippen LogP contribution in [0.5, 0.6) is 5.75 Å². The molecular formula is C33H32N2O3. The largest absolute Gasteiger partial charge is 0.497 e. The second-order valence-corrected chi connectivity index (χ2v) is 9.94. The molecule has 1 aliphatic rings. The number of ether oxygens (including phenoxy) is 1. The highest BCUT2D eigenvalue weighted by atomic mass is 16.5. The van der Waals surface area contributed by atoms with Gasteiger partial charge in [0.15, 0.2) is 0 Å². The van der Waals surface area contributed by atoms with Crippen LogP contribution in [0.3, 0.4) is 0 Å². The molecule has 0 bridgehead atoms. The number of carbonyl (C=O) groups is 2. The van der Waals surface area contributed by atoms with Crippen LogP contribution in [0.15, 0.2) is 97.1 Å². The lowest BCUT2D eigenvalue weighted by Crippen LogP contribution is -2.48. The molecule has 0 saturated carbocycles. The summed E-state index contributed by atoms with van der Waals surface area (Å²) in [6.45, 7) is 6.13. The van der Waals surface area contributed by atoms with Gasteiger partial charge in [-0.1, -0.05) is 53.6 Å². The van der Waals surface area contributed by atoms with Crippen molar-refractivity contribution in [1.29, 1.82) is 0 Å². The maximum Gasteiger partial charge on any atom is 0.258 e. The number of amides is 2. The minimum Gasteiger partial charge on any atom is -0.497 e. The van der Waals surface area contributed by atoms with Crippen LogP contribution in [0.1, 0.15) is 56.8 Å². The summed E-state index contributed by atoms with van der Waals surface area (Å²) >= 11 is 0. The Labute approximate surface area is 224 Å². The number of nitrogens with zero attached hydrogens (tertiary/aromatic N) is 2. The maximum absolute atomic E-state index is 14.1. The van der Waals surface area contributed by atoms with E-state index in [4.69, 9.17) is 4.74 Å². The molecule has 0 aromatic heterocycles. The summed E-state index contributed by atoms with van der Waals surface area (Å²) < 4.78 is 5.27. The van der Waals surface area contributed by atoms with Gasteiger partial charge in [-0.2, -0.15) is 0 Å². The number of rotatable bonds is 5. The number of hydrogen-bond donors (Lipinski definition) is 0. The Balaban J connectivity index is 1.62. The van der Waals surface area contributed by atoms with Crippen LogP contribution in [0.4, 0.5) is 11.4 Å². The first-order valence-electron chi connectivity index (χ1n) is 12.9. The average molecular weight is 505 g/mol. The van der Waals surface area contributed by atoms with E-state index in [0.29, 0.717) is 23.3 Å². The minimum absolute atomic E-state index is 0.0611. The smallest absolute Gasteiger partial charge is 0.258 e. The average Bonchev–Trinajstić information content (AvgIpc) is 2.94. The number of hydrogen-bond acceptors (Lipinski definition) is 3. The molecule has 4 aromatic carbocycles. The number of aryl methyl sites for hydroxylation is 2. The first kappa shape index (κ1) is 25.3. The normalized spacial score (nSPS) is 16.5. The fourth-order valence-electron chi connectivity index (χ4n) is 5.24. The van der Waals surface area contributed by atoms with Crippen molar-refractivity contribution in [3.05, 3.63) is 125 Å². The molecule has 5 heteroatoms. The minimum atomic E-state index is -0.241. The van der Waals surface area contributed by atoms with Crippen molar-refractivity contribution in [3.8, 4) is 5.75 Å². The maximum atomic E-state index is 14.1. The second-order valence-electron chi connectivity index (χ2n) is 9.94. The Morgan fingerprint density at radius 3 is 2.13 bits per heavy atom. The molecule has 192 valence electrons. The molecule has 38 heavy (non-hydrogen) atoms. The molecule has 2 atom stereocenters. The van der Waals surface area contributed by atoms with Crippen LogP contribution < -0.4 is 14.5 Å². The van der Waals surface area contributed by atoms with E-state index in [1.54, 1.807) is 31.4 Å². The molecule has 0 fully saturated rings. The van der Waals surface area contributed by atoms with Crippen molar-refractivity contribution in [1.82, 2.24) is 0 Å². The van der Waals surface area contributed by atoms with Crippen LogP contribution >= 0.6 is 0 Å². The van der Waals surface area contributed by atoms with E-state index in [-0.39, 0.29) is 23.9 Å². The molecule has 0 aliphatic carbocycles. The van der Waals surface area contributed by atoms with Gasteiger partial charge in [-0.25, -0.2) is 0 Å². The summed E-state index contributed by atoms with van der Waals surface area (Å²) in [6, 6.07) is 30.4. The standard InChI is InChI=1S/C33H32N2O3/c1-22-10-15-27(16-11-22)35(33(37)25-8-6-5-7-9-25)31-21-24(3)34(30-19-12-23(2)20-29(30)31)32(36)26-13-17-28(38-4)18-14-26/h5-20,24,31H,21H2,1-4H3/t24-,31+/m0/s1. The lowest BCUT2D eigenvalue weighted by molar-refractivity contribution is 0.0965. The van der Waals surface area contributed by atoms with E-state index in [1.165, 1.54) is 0 Å². The molecule has 1 heterocycles. The number of anilines is 2. The molecule has 4 aromatic rings. The third kappa shape index (κ3) is 4.80. The molecule has 0 radical (unpaired) electrons. The van der Waals surface area contributed by atoms with Crippen molar-refractivity contribution in [2.45, 2.75) is 39.3 Å². The fraction of sp³-hybridized carbons (Fsp3) is 0.212. The Hall–Kier alpha value is -4.38. The molecule has 0 spiro atoms. The van der Waals surface area contributed by atoms with Crippen LogP contribution in [0, 0.1) is 13.8 Å². The number of methoxy groups -OCH3 is 1. The molecule has 1 aliphatic heterocycles. The quantitative estimate of drug-likeness (QED) is 0.290. The molecule has 2 amide bonds. The Kier molecular flexibility index (Phi) is 7.01. The summed E-state index contributed by atoms with van der Waals surface area (Å²) in [5.74, 6) is 0.575. The van der Waals surface area contributed by atoms with Gasteiger partial charge in [-0.3, -0.25) is 9.59 Å². The van der Waals surface area contributed by atoms with Gasteiger partial charge in [0, 0.05) is 28.5 Å². The van der Waals surface area contributed by atoms with Crippen molar-refractivity contribution < 1.29 is 14.3 Å². The highest BCUT2D eigenvalue weighted by Crippen LogP contribution is 2.44. The number of fused-ring (bicyclic) bond motifs is 1. The van der Waals surface area contributed by atoms with Gasteiger partial charge in [0.25, 0.3) is 11.8 Å². The molecule has 0 saturated heterocycles. The molecule has 5 rings (SSSR count). The monoisotopic (exact) mass is 504 g/mol. The predicted octanol–water partition coefficient (Wildman–Crippen LogP) is 7.14. The van der Waals surface area contributed by atoms with Gasteiger partial charge in [-0.05, 0) is 87.4 Å². The van der Waals surface area contributed by atoms with Gasteiger partial charge in [0.05, 0.1) is 13.2 Å². The van der Waals surface area contributed by atoms with E-state index in [1.807, 2.05) is 90.4 Å². The van der Waals surface area contributed by atoms with E-state index in [0.717, 1.165) is 28.1 Å². The number of carbonyl (C=O) groups excluding carboxylic acids is 2. The highest BCUT2D eigenvalue weighted by Gasteiger charge is 2.39. The second kappa shape index (κ2) is 10.5. The van der Waals surface area contributed by atoms with Crippen molar-refractivity contribution in [2.75, 3.05) is 16.9 Å². The lowest BCUT2D eigenvalue weighted by atomic mass is 9.88. The lowest BCUT2D eigenvalue weighted by Gasteiger charge is -2.44.